The summed E-state index contributed by atoms with van der Waals surface area (Å²) >= 11 is 0. The summed E-state index contributed by atoms with van der Waals surface area (Å²) in [6.45, 7) is 1.76. The molecule has 0 fully saturated rings. The van der Waals surface area contributed by atoms with Crippen LogP contribution in [-0.2, 0) is 19.1 Å². The van der Waals surface area contributed by atoms with Crippen LogP contribution in [0.15, 0.2) is 30.0 Å². The van der Waals surface area contributed by atoms with Gasteiger partial charge < -0.3 is 19.9 Å². The van der Waals surface area contributed by atoms with Crippen LogP contribution in [0.2, 0.25) is 0 Å². The zero-order valence-corrected chi connectivity index (χ0v) is 11.8. The number of nitrogens with one attached hydrogen (secondary N) is 1. The zero-order chi connectivity index (χ0) is 16.0. The fourth-order valence-corrected chi connectivity index (χ4v) is 1.53. The number of benzene rings is 1. The first-order valence-electron chi connectivity index (χ1n) is 5.88. The van der Waals surface area contributed by atoms with Crippen molar-refractivity contribution in [3.8, 4) is 0 Å². The van der Waals surface area contributed by atoms with Crippen molar-refractivity contribution >= 4 is 23.6 Å². The molecule has 0 aromatic heterocycles. The highest BCUT2D eigenvalue weighted by atomic mass is 16.5. The Balaban J connectivity index is 3.23. The van der Waals surface area contributed by atoms with Crippen molar-refractivity contribution in [2.75, 3.05) is 19.5 Å². The number of hydrogen-bond donors (Lipinski definition) is 2. The lowest BCUT2D eigenvalue weighted by Gasteiger charge is -2.12. The van der Waals surface area contributed by atoms with Crippen molar-refractivity contribution in [3.63, 3.8) is 0 Å². The first kappa shape index (κ1) is 16.2. The summed E-state index contributed by atoms with van der Waals surface area (Å²) in [5.41, 5.74) is 0.686. The van der Waals surface area contributed by atoms with Gasteiger partial charge in [-0.15, -0.1) is 0 Å². The lowest BCUT2D eigenvalue weighted by Crippen LogP contribution is -2.17. The number of hydrogen-bond acceptors (Lipinski definition) is 6. The van der Waals surface area contributed by atoms with Gasteiger partial charge in [-0.25, -0.2) is 14.4 Å². The highest BCUT2D eigenvalue weighted by Crippen LogP contribution is 2.20. The molecule has 0 bridgehead atoms. The molecule has 112 valence electrons. The van der Waals surface area contributed by atoms with E-state index < -0.39 is 17.9 Å². The Kier molecular flexibility index (Phi) is 5.48. The molecule has 1 aromatic carbocycles. The molecular weight excluding hydrogens is 278 g/mol. The van der Waals surface area contributed by atoms with Crippen molar-refractivity contribution in [2.45, 2.75) is 6.92 Å². The number of carboxylic acid groups (broad SMARTS) is 1. The minimum absolute atomic E-state index is 0.0414. The average Bonchev–Trinajstić information content (AvgIpc) is 2.45. The molecule has 0 atom stereocenters. The minimum atomic E-state index is -1.17. The lowest BCUT2D eigenvalue weighted by atomic mass is 10.1. The lowest BCUT2D eigenvalue weighted by molar-refractivity contribution is -0.138. The van der Waals surface area contributed by atoms with Crippen molar-refractivity contribution < 1.29 is 29.0 Å². The van der Waals surface area contributed by atoms with Gasteiger partial charge in [-0.3, -0.25) is 0 Å². The van der Waals surface area contributed by atoms with Crippen LogP contribution in [0.1, 0.15) is 15.9 Å². The number of ether oxygens (including phenoxy) is 2. The predicted octanol–water partition coefficient (Wildman–Crippen LogP) is 1.34. The Hall–Kier alpha value is -2.83. The highest BCUT2D eigenvalue weighted by Gasteiger charge is 2.17. The first-order chi connectivity index (χ1) is 9.88. The summed E-state index contributed by atoms with van der Waals surface area (Å²) in [5.74, 6) is -2.76. The summed E-state index contributed by atoms with van der Waals surface area (Å²) in [6.07, 6.45) is 0.889. The normalized spacial score (nSPS) is 10.7. The predicted molar refractivity (Wildman–Crippen MR) is 73.9 cm³/mol. The third-order valence-electron chi connectivity index (χ3n) is 2.54. The third-order valence-corrected chi connectivity index (χ3v) is 2.54. The number of carbonyl (C=O) groups is 3. The van der Waals surface area contributed by atoms with Crippen LogP contribution in [-0.4, -0.2) is 37.2 Å². The second-order valence-electron chi connectivity index (χ2n) is 4.05. The van der Waals surface area contributed by atoms with Crippen LogP contribution in [0.3, 0.4) is 0 Å². The smallest absolute Gasteiger partial charge is 0.354 e. The van der Waals surface area contributed by atoms with Crippen molar-refractivity contribution in [3.05, 3.63) is 41.1 Å². The number of methoxy groups -OCH3 is 2. The Labute approximate surface area is 121 Å². The fourth-order valence-electron chi connectivity index (χ4n) is 1.53. The molecule has 0 aliphatic rings. The van der Waals surface area contributed by atoms with Crippen molar-refractivity contribution in [1.29, 1.82) is 0 Å². The maximum absolute atomic E-state index is 11.6. The van der Waals surface area contributed by atoms with Crippen LogP contribution in [0.4, 0.5) is 5.69 Å². The average molecular weight is 293 g/mol. The molecule has 7 nitrogen and oxygen atoms in total. The summed E-state index contributed by atoms with van der Waals surface area (Å²) in [5, 5.41) is 11.7. The molecule has 0 aliphatic heterocycles. The minimum Gasteiger partial charge on any atom is -0.478 e. The molecule has 7 heteroatoms. The molecule has 1 aromatic rings. The molecule has 0 spiro atoms. The largest absolute Gasteiger partial charge is 0.478 e. The number of carbonyl (C=O) groups excluding carboxylic acids is 2. The van der Waals surface area contributed by atoms with Crippen LogP contribution >= 0.6 is 0 Å². The molecule has 1 rings (SSSR count). The number of esters is 2. The summed E-state index contributed by atoms with van der Waals surface area (Å²) < 4.78 is 8.97. The zero-order valence-electron chi connectivity index (χ0n) is 11.8. The summed E-state index contributed by atoms with van der Waals surface area (Å²) in [4.78, 5) is 34.0. The third kappa shape index (κ3) is 4.34. The van der Waals surface area contributed by atoms with Gasteiger partial charge in [0.2, 0.25) is 0 Å². The molecule has 21 heavy (non-hydrogen) atoms. The number of aryl methyl sites for hydroxylation is 1. The molecule has 0 heterocycles. The van der Waals surface area contributed by atoms with Crippen molar-refractivity contribution in [2.24, 2.45) is 0 Å². The van der Waals surface area contributed by atoms with Gasteiger partial charge in [-0.05, 0) is 24.6 Å². The van der Waals surface area contributed by atoms with Gasteiger partial charge in [0, 0.05) is 0 Å². The van der Waals surface area contributed by atoms with Crippen LogP contribution in [0, 0.1) is 6.92 Å². The molecular formula is C14H15NO6. The monoisotopic (exact) mass is 293 g/mol. The number of carboxylic acids is 1. The van der Waals surface area contributed by atoms with Gasteiger partial charge in [0.15, 0.2) is 0 Å². The van der Waals surface area contributed by atoms with Gasteiger partial charge in [0.25, 0.3) is 0 Å². The van der Waals surface area contributed by atoms with E-state index in [1.807, 2.05) is 0 Å². The second-order valence-corrected chi connectivity index (χ2v) is 4.05. The Morgan fingerprint density at radius 2 is 1.86 bits per heavy atom. The van der Waals surface area contributed by atoms with Gasteiger partial charge in [0.1, 0.15) is 5.70 Å². The van der Waals surface area contributed by atoms with Crippen molar-refractivity contribution in [1.82, 2.24) is 0 Å². The van der Waals surface area contributed by atoms with E-state index in [0.29, 0.717) is 0 Å². The summed E-state index contributed by atoms with van der Waals surface area (Å²) in [6, 6.07) is 4.56. The van der Waals surface area contributed by atoms with E-state index in [0.717, 1.165) is 25.9 Å². The van der Waals surface area contributed by atoms with Gasteiger partial charge in [-0.2, -0.15) is 0 Å². The number of anilines is 1. The SMILES string of the molecule is COC(=O)/C=C(/Nc1cc(C)ccc1C(=O)O)C(=O)OC. The molecule has 0 amide bonds. The molecule has 0 aliphatic carbocycles. The molecule has 0 saturated heterocycles. The van der Waals surface area contributed by atoms with E-state index in [9.17, 15) is 14.4 Å². The van der Waals surface area contributed by atoms with Crippen LogP contribution < -0.4 is 5.32 Å². The van der Waals surface area contributed by atoms with E-state index >= 15 is 0 Å². The topological polar surface area (TPSA) is 102 Å². The molecule has 2 N–H and O–H groups in total. The van der Waals surface area contributed by atoms with Crippen LogP contribution in [0.5, 0.6) is 0 Å². The van der Waals surface area contributed by atoms with E-state index in [1.165, 1.54) is 12.1 Å². The Bertz CT molecular complexity index is 605. The number of aromatic carboxylic acids is 1. The molecule has 0 saturated carbocycles. The Morgan fingerprint density at radius 1 is 1.19 bits per heavy atom. The van der Waals surface area contributed by atoms with E-state index in [2.05, 4.69) is 14.8 Å². The van der Waals surface area contributed by atoms with E-state index in [4.69, 9.17) is 5.11 Å². The maximum atomic E-state index is 11.6. The molecule has 0 radical (unpaired) electrons. The molecule has 0 unspecified atom stereocenters. The number of rotatable bonds is 5. The van der Waals surface area contributed by atoms with E-state index in [-0.39, 0.29) is 16.9 Å². The standard InChI is InChI=1S/C14H15NO6/c1-8-4-5-9(13(17)18)10(6-8)15-11(14(19)21-3)7-12(16)20-2/h4-7,15H,1-3H3,(H,17,18)/b11-7+. The Morgan fingerprint density at radius 3 is 2.38 bits per heavy atom. The van der Waals surface area contributed by atoms with Gasteiger partial charge in [0.05, 0.1) is 31.5 Å². The van der Waals surface area contributed by atoms with Gasteiger partial charge >= 0.3 is 17.9 Å². The van der Waals surface area contributed by atoms with Gasteiger partial charge in [-0.1, -0.05) is 6.07 Å². The van der Waals surface area contributed by atoms with E-state index in [1.54, 1.807) is 13.0 Å². The summed E-state index contributed by atoms with van der Waals surface area (Å²) in [7, 11) is 2.30. The van der Waals surface area contributed by atoms with Crippen LogP contribution in [0.25, 0.3) is 0 Å². The highest BCUT2D eigenvalue weighted by molar-refractivity contribution is 6.01. The quantitative estimate of drug-likeness (QED) is 0.623. The maximum Gasteiger partial charge on any atom is 0.354 e. The first-order valence-corrected chi connectivity index (χ1v) is 5.88. The second kappa shape index (κ2) is 7.09. The fraction of sp³-hybridized carbons (Fsp3) is 0.214.